The summed E-state index contributed by atoms with van der Waals surface area (Å²) in [6.07, 6.45) is 1.81. The van der Waals surface area contributed by atoms with E-state index in [-0.39, 0.29) is 11.4 Å². The van der Waals surface area contributed by atoms with Crippen LogP contribution in [-0.2, 0) is 7.05 Å². The fourth-order valence-electron chi connectivity index (χ4n) is 1.61. The molecule has 2 rings (SSSR count). The average molecular weight is 293 g/mol. The van der Waals surface area contributed by atoms with Gasteiger partial charge in [0.15, 0.2) is 5.69 Å². The number of aromatic nitrogens is 3. The zero-order valence-corrected chi connectivity index (χ0v) is 11.5. The summed E-state index contributed by atoms with van der Waals surface area (Å²) in [6.45, 7) is 0. The number of nitro benzene ring substituents is 1. The number of nitrogens with one attached hydrogen (secondary N) is 1. The number of carbonyl (C=O) groups excluding carboxylic acids is 1. The van der Waals surface area contributed by atoms with Crippen molar-refractivity contribution >= 4 is 29.0 Å². The second-order valence-corrected chi connectivity index (χ2v) is 4.63. The Morgan fingerprint density at radius 3 is 2.90 bits per heavy atom. The molecule has 0 aliphatic carbocycles. The van der Waals surface area contributed by atoms with Crippen LogP contribution in [0.2, 0.25) is 0 Å². The Bertz CT molecular complexity index is 670. The van der Waals surface area contributed by atoms with Crippen molar-refractivity contribution in [3.63, 3.8) is 0 Å². The van der Waals surface area contributed by atoms with Crippen LogP contribution >= 0.6 is 11.8 Å². The number of carbonyl (C=O) groups is 1. The molecule has 0 aliphatic rings. The molecule has 0 fully saturated rings. The molecule has 8 nitrogen and oxygen atoms in total. The summed E-state index contributed by atoms with van der Waals surface area (Å²) in [4.78, 5) is 22.2. The quantitative estimate of drug-likeness (QED) is 0.523. The topological polar surface area (TPSA) is 103 Å². The maximum Gasteiger partial charge on any atom is 0.279 e. The smallest absolute Gasteiger partial charge is 0.279 e. The predicted molar refractivity (Wildman–Crippen MR) is 73.8 cm³/mol. The lowest BCUT2D eigenvalue weighted by Crippen LogP contribution is -2.13. The highest BCUT2D eigenvalue weighted by molar-refractivity contribution is 7.98. The van der Waals surface area contributed by atoms with Gasteiger partial charge in [0.2, 0.25) is 0 Å². The number of nitrogens with zero attached hydrogens (tertiary/aromatic N) is 4. The van der Waals surface area contributed by atoms with Gasteiger partial charge in [-0.05, 0) is 12.3 Å². The molecule has 0 saturated heterocycles. The minimum absolute atomic E-state index is 0.0907. The molecule has 1 aromatic heterocycles. The number of amides is 1. The maximum absolute atomic E-state index is 12.1. The van der Waals surface area contributed by atoms with Crippen LogP contribution in [0.4, 0.5) is 11.4 Å². The lowest BCUT2D eigenvalue weighted by molar-refractivity contribution is -0.384. The van der Waals surface area contributed by atoms with Crippen molar-refractivity contribution in [1.29, 1.82) is 0 Å². The third-order valence-corrected chi connectivity index (χ3v) is 3.34. The predicted octanol–water partition coefficient (Wildman–Crippen LogP) is 1.70. The molecule has 0 unspecified atom stereocenters. The van der Waals surface area contributed by atoms with Crippen molar-refractivity contribution in [2.24, 2.45) is 7.05 Å². The van der Waals surface area contributed by atoms with E-state index < -0.39 is 10.8 Å². The van der Waals surface area contributed by atoms with Gasteiger partial charge >= 0.3 is 0 Å². The summed E-state index contributed by atoms with van der Waals surface area (Å²) >= 11 is 1.34. The Morgan fingerprint density at radius 2 is 2.25 bits per heavy atom. The van der Waals surface area contributed by atoms with Crippen LogP contribution < -0.4 is 5.32 Å². The third-order valence-electron chi connectivity index (χ3n) is 2.50. The molecule has 0 radical (unpaired) electrons. The fourth-order valence-corrected chi connectivity index (χ4v) is 2.23. The SMILES string of the molecule is CSc1c(C(=O)Nc2cccc([N+](=O)[O-])c2)nnn1C. The Balaban J connectivity index is 2.23. The fraction of sp³-hybridized carbons (Fsp3) is 0.182. The van der Waals surface area contributed by atoms with E-state index in [0.717, 1.165) is 0 Å². The molecule has 20 heavy (non-hydrogen) atoms. The van der Waals surface area contributed by atoms with Crippen LogP contribution in [-0.4, -0.2) is 32.1 Å². The van der Waals surface area contributed by atoms with Crippen LogP contribution in [0.3, 0.4) is 0 Å². The largest absolute Gasteiger partial charge is 0.320 e. The van der Waals surface area contributed by atoms with Gasteiger partial charge in [-0.1, -0.05) is 11.3 Å². The zero-order chi connectivity index (χ0) is 14.7. The van der Waals surface area contributed by atoms with E-state index in [0.29, 0.717) is 10.7 Å². The van der Waals surface area contributed by atoms with Crippen molar-refractivity contribution < 1.29 is 9.72 Å². The average Bonchev–Trinajstić information content (AvgIpc) is 2.80. The summed E-state index contributed by atoms with van der Waals surface area (Å²) in [5.74, 6) is -0.456. The van der Waals surface area contributed by atoms with E-state index in [1.54, 1.807) is 13.1 Å². The van der Waals surface area contributed by atoms with Gasteiger partial charge < -0.3 is 5.32 Å². The first-order valence-electron chi connectivity index (χ1n) is 5.52. The van der Waals surface area contributed by atoms with Gasteiger partial charge in [-0.3, -0.25) is 14.9 Å². The van der Waals surface area contributed by atoms with Crippen molar-refractivity contribution in [3.8, 4) is 0 Å². The lowest BCUT2D eigenvalue weighted by Gasteiger charge is -2.04. The molecule has 104 valence electrons. The van der Waals surface area contributed by atoms with Crippen molar-refractivity contribution in [2.45, 2.75) is 5.03 Å². The normalized spacial score (nSPS) is 10.3. The van der Waals surface area contributed by atoms with E-state index >= 15 is 0 Å². The Hall–Kier alpha value is -2.42. The number of hydrogen-bond donors (Lipinski definition) is 1. The first-order valence-corrected chi connectivity index (χ1v) is 6.75. The van der Waals surface area contributed by atoms with E-state index in [2.05, 4.69) is 15.6 Å². The lowest BCUT2D eigenvalue weighted by atomic mass is 10.2. The number of rotatable bonds is 4. The number of aryl methyl sites for hydroxylation is 1. The first kappa shape index (κ1) is 14.0. The molecule has 1 N–H and O–H groups in total. The standard InChI is InChI=1S/C11H11N5O3S/c1-15-11(20-2)9(13-14-15)10(17)12-7-4-3-5-8(6-7)16(18)19/h3-6H,1-2H3,(H,12,17). The van der Waals surface area contributed by atoms with Gasteiger partial charge in [-0.15, -0.1) is 16.9 Å². The van der Waals surface area contributed by atoms with Crippen molar-refractivity contribution in [1.82, 2.24) is 15.0 Å². The summed E-state index contributed by atoms with van der Waals surface area (Å²) in [6, 6.07) is 5.71. The third kappa shape index (κ3) is 2.77. The van der Waals surface area contributed by atoms with Gasteiger partial charge in [0.1, 0.15) is 5.03 Å². The van der Waals surface area contributed by atoms with Crippen LogP contribution in [0, 0.1) is 10.1 Å². The summed E-state index contributed by atoms with van der Waals surface area (Å²) in [5.41, 5.74) is 0.431. The Labute approximate surface area is 118 Å². The number of nitro groups is 1. The van der Waals surface area contributed by atoms with Gasteiger partial charge in [0.05, 0.1) is 4.92 Å². The molecule has 0 aliphatic heterocycles. The van der Waals surface area contributed by atoms with Gasteiger partial charge in [0.25, 0.3) is 11.6 Å². The van der Waals surface area contributed by atoms with Crippen LogP contribution in [0.15, 0.2) is 29.3 Å². The second-order valence-electron chi connectivity index (χ2n) is 3.83. The molecular weight excluding hydrogens is 282 g/mol. The van der Waals surface area contributed by atoms with Gasteiger partial charge in [-0.2, -0.15) is 0 Å². The molecule has 1 heterocycles. The molecule has 0 bridgehead atoms. The Kier molecular flexibility index (Phi) is 3.99. The summed E-state index contributed by atoms with van der Waals surface area (Å²) in [7, 11) is 1.68. The molecule has 9 heteroatoms. The minimum Gasteiger partial charge on any atom is -0.320 e. The van der Waals surface area contributed by atoms with E-state index in [1.165, 1.54) is 34.6 Å². The van der Waals surface area contributed by atoms with E-state index in [4.69, 9.17) is 0 Å². The monoisotopic (exact) mass is 293 g/mol. The minimum atomic E-state index is -0.523. The van der Waals surface area contributed by atoms with Gasteiger partial charge in [-0.25, -0.2) is 4.68 Å². The first-order chi connectivity index (χ1) is 9.52. The zero-order valence-electron chi connectivity index (χ0n) is 10.7. The molecule has 1 aromatic carbocycles. The molecule has 0 saturated carbocycles. The Morgan fingerprint density at radius 1 is 1.50 bits per heavy atom. The van der Waals surface area contributed by atoms with Crippen LogP contribution in [0.5, 0.6) is 0 Å². The highest BCUT2D eigenvalue weighted by atomic mass is 32.2. The molecular formula is C11H11N5O3S. The molecule has 1 amide bonds. The maximum atomic E-state index is 12.1. The van der Waals surface area contributed by atoms with Crippen LogP contribution in [0.1, 0.15) is 10.5 Å². The summed E-state index contributed by atoms with van der Waals surface area (Å²) in [5, 5.41) is 21.4. The molecule has 2 aromatic rings. The van der Waals surface area contributed by atoms with Gasteiger partial charge in [0, 0.05) is 24.9 Å². The highest BCUT2D eigenvalue weighted by Gasteiger charge is 2.18. The number of thioether (sulfide) groups is 1. The second kappa shape index (κ2) is 5.70. The van der Waals surface area contributed by atoms with E-state index in [9.17, 15) is 14.9 Å². The van der Waals surface area contributed by atoms with E-state index in [1.807, 2.05) is 6.26 Å². The van der Waals surface area contributed by atoms with Crippen LogP contribution in [0.25, 0.3) is 0 Å². The van der Waals surface area contributed by atoms with Crippen molar-refractivity contribution in [2.75, 3.05) is 11.6 Å². The summed E-state index contributed by atoms with van der Waals surface area (Å²) < 4.78 is 1.49. The highest BCUT2D eigenvalue weighted by Crippen LogP contribution is 2.20. The van der Waals surface area contributed by atoms with Crippen molar-refractivity contribution in [3.05, 3.63) is 40.1 Å². The molecule has 0 spiro atoms. The number of non-ortho nitro benzene ring substituents is 1. The number of hydrogen-bond acceptors (Lipinski definition) is 6. The number of benzene rings is 1. The molecule has 0 atom stereocenters. The number of anilines is 1.